The molecule has 4 heteroatoms. The molecule has 0 bridgehead atoms. The predicted octanol–water partition coefficient (Wildman–Crippen LogP) is 4.19. The highest BCUT2D eigenvalue weighted by atomic mass is 31.1. The highest BCUT2D eigenvalue weighted by molar-refractivity contribution is 7.61. The summed E-state index contributed by atoms with van der Waals surface area (Å²) >= 11 is 0. The Morgan fingerprint density at radius 1 is 0.957 bits per heavy atom. The number of hydrogen-bond donors (Lipinski definition) is 1. The van der Waals surface area contributed by atoms with E-state index in [4.69, 9.17) is 0 Å². The number of hydrogen-bond acceptors (Lipinski definition) is 2. The molecule has 0 saturated heterocycles. The predicted molar refractivity (Wildman–Crippen MR) is 101 cm³/mol. The standard InChI is InChI=1S/C15H14NO2P.2C2H6/c1-11-8-9-13(15(17)16-2)14(10-11)19(18)12-6-4-3-5-7-12;2*1-2/h3-10H,1-2H3;2*1-2H3/p+1. The van der Waals surface area contributed by atoms with Crippen LogP contribution in [0.15, 0.2) is 48.5 Å². The lowest BCUT2D eigenvalue weighted by Gasteiger charge is -2.01. The Hall–Kier alpha value is -1.99. The normalized spacial score (nSPS) is 9.57. The van der Waals surface area contributed by atoms with Gasteiger partial charge >= 0.3 is 7.80 Å². The molecular weight excluding hydrogens is 305 g/mol. The van der Waals surface area contributed by atoms with Gasteiger partial charge in [-0.2, -0.15) is 0 Å². The van der Waals surface area contributed by atoms with Gasteiger partial charge < -0.3 is 5.32 Å². The van der Waals surface area contributed by atoms with Gasteiger partial charge in [-0.1, -0.05) is 56.5 Å². The Kier molecular flexibility index (Phi) is 10.6. The van der Waals surface area contributed by atoms with Crippen molar-refractivity contribution in [2.45, 2.75) is 34.6 Å². The van der Waals surface area contributed by atoms with Crippen molar-refractivity contribution >= 4 is 24.3 Å². The monoisotopic (exact) mass is 332 g/mol. The molecule has 2 rings (SSSR count). The summed E-state index contributed by atoms with van der Waals surface area (Å²) < 4.78 is 12.6. The minimum Gasteiger partial charge on any atom is -0.355 e. The molecule has 0 aliphatic carbocycles. The largest absolute Gasteiger partial charge is 0.416 e. The summed E-state index contributed by atoms with van der Waals surface area (Å²) in [7, 11) is -0.186. The third-order valence-electron chi connectivity index (χ3n) is 2.83. The van der Waals surface area contributed by atoms with Gasteiger partial charge in [0, 0.05) is 7.05 Å². The second-order valence-corrected chi connectivity index (χ2v) is 5.82. The van der Waals surface area contributed by atoms with Crippen molar-refractivity contribution in [2.24, 2.45) is 0 Å². The number of amides is 1. The number of nitrogens with one attached hydrogen (secondary N) is 1. The summed E-state index contributed by atoms with van der Waals surface area (Å²) in [6, 6.07) is 14.6. The Labute approximate surface area is 140 Å². The van der Waals surface area contributed by atoms with E-state index in [1.54, 1.807) is 13.1 Å². The average molecular weight is 332 g/mol. The van der Waals surface area contributed by atoms with Gasteiger partial charge in [0.05, 0.1) is 5.56 Å². The average Bonchev–Trinajstić information content (AvgIpc) is 2.64. The number of carbonyl (C=O) groups is 1. The molecule has 1 atom stereocenters. The first-order chi connectivity index (χ1) is 11.1. The lowest BCUT2D eigenvalue weighted by atomic mass is 10.1. The Balaban J connectivity index is 0.00000112. The van der Waals surface area contributed by atoms with E-state index in [0.717, 1.165) is 10.9 Å². The van der Waals surface area contributed by atoms with E-state index in [2.05, 4.69) is 5.32 Å². The maximum absolute atomic E-state index is 12.6. The van der Waals surface area contributed by atoms with Crippen LogP contribution in [-0.2, 0) is 4.57 Å². The van der Waals surface area contributed by atoms with E-state index >= 15 is 0 Å². The zero-order valence-electron chi connectivity index (χ0n) is 14.9. The van der Waals surface area contributed by atoms with Crippen molar-refractivity contribution < 1.29 is 9.36 Å². The van der Waals surface area contributed by atoms with Crippen molar-refractivity contribution in [1.29, 1.82) is 0 Å². The van der Waals surface area contributed by atoms with Crippen molar-refractivity contribution in [3.63, 3.8) is 0 Å². The van der Waals surface area contributed by atoms with Crippen LogP contribution < -0.4 is 15.9 Å². The topological polar surface area (TPSA) is 46.2 Å². The van der Waals surface area contributed by atoms with Crippen LogP contribution >= 0.6 is 7.80 Å². The van der Waals surface area contributed by atoms with Gasteiger partial charge in [0.15, 0.2) is 5.30 Å². The summed E-state index contributed by atoms with van der Waals surface area (Å²) in [5, 5.41) is 3.89. The van der Waals surface area contributed by atoms with Gasteiger partial charge in [-0.25, -0.2) is 0 Å². The highest BCUT2D eigenvalue weighted by Gasteiger charge is 2.29. The second-order valence-electron chi connectivity index (χ2n) is 4.23. The third kappa shape index (κ3) is 5.96. The van der Waals surface area contributed by atoms with Crippen LogP contribution in [0.25, 0.3) is 0 Å². The van der Waals surface area contributed by atoms with Crippen LogP contribution in [0.2, 0.25) is 0 Å². The molecule has 2 aromatic rings. The van der Waals surface area contributed by atoms with Crippen LogP contribution in [0, 0.1) is 6.92 Å². The zero-order chi connectivity index (χ0) is 17.8. The molecule has 124 valence electrons. The SMILES string of the molecule is CC.CC.CNC(=O)c1ccc(C)cc1[P+](=O)c1ccccc1. The third-order valence-corrected chi connectivity index (χ3v) is 4.41. The van der Waals surface area contributed by atoms with Crippen LogP contribution in [0.3, 0.4) is 0 Å². The lowest BCUT2D eigenvalue weighted by Crippen LogP contribution is -2.25. The van der Waals surface area contributed by atoms with Crippen LogP contribution in [-0.4, -0.2) is 13.0 Å². The molecule has 0 radical (unpaired) electrons. The molecule has 0 heterocycles. The van der Waals surface area contributed by atoms with Crippen LogP contribution in [0.5, 0.6) is 0 Å². The Morgan fingerprint density at radius 2 is 1.52 bits per heavy atom. The van der Waals surface area contributed by atoms with Crippen molar-refractivity contribution in [3.05, 3.63) is 59.7 Å². The number of aryl methyl sites for hydroxylation is 1. The summed E-state index contributed by atoms with van der Waals surface area (Å²) in [5.74, 6) is -0.214. The van der Waals surface area contributed by atoms with Gasteiger partial charge in [-0.15, -0.1) is 0 Å². The van der Waals surface area contributed by atoms with Gasteiger partial charge in [-0.05, 0) is 36.8 Å². The van der Waals surface area contributed by atoms with Crippen molar-refractivity contribution in [1.82, 2.24) is 5.32 Å². The Bertz CT molecular complexity index is 625. The fraction of sp³-hybridized carbons (Fsp3) is 0.316. The Morgan fingerprint density at radius 3 is 2.04 bits per heavy atom. The van der Waals surface area contributed by atoms with Crippen LogP contribution in [0.1, 0.15) is 43.6 Å². The van der Waals surface area contributed by atoms with Gasteiger partial charge in [0.1, 0.15) is 0 Å². The van der Waals surface area contributed by atoms with Gasteiger partial charge in [0.2, 0.25) is 5.30 Å². The molecule has 23 heavy (non-hydrogen) atoms. The number of rotatable bonds is 3. The molecule has 0 aliphatic rings. The molecule has 0 saturated carbocycles. The molecule has 0 fully saturated rings. The molecule has 3 nitrogen and oxygen atoms in total. The molecule has 1 N–H and O–H groups in total. The molecule has 1 unspecified atom stereocenters. The minimum atomic E-state index is -1.76. The maximum atomic E-state index is 12.6. The maximum Gasteiger partial charge on any atom is 0.416 e. The highest BCUT2D eigenvalue weighted by Crippen LogP contribution is 2.22. The van der Waals surface area contributed by atoms with E-state index in [1.807, 2.05) is 77.1 Å². The van der Waals surface area contributed by atoms with E-state index in [0.29, 0.717) is 10.9 Å². The minimum absolute atomic E-state index is 0.214. The van der Waals surface area contributed by atoms with Crippen LogP contribution in [0.4, 0.5) is 0 Å². The lowest BCUT2D eigenvalue weighted by molar-refractivity contribution is 0.0964. The first-order valence-electron chi connectivity index (χ1n) is 7.98. The molecular formula is C19H27NO2P+. The van der Waals surface area contributed by atoms with Gasteiger partial charge in [0.25, 0.3) is 5.91 Å². The fourth-order valence-corrected chi connectivity index (χ4v) is 3.28. The molecule has 0 aliphatic heterocycles. The zero-order valence-corrected chi connectivity index (χ0v) is 15.8. The smallest absolute Gasteiger partial charge is 0.355 e. The first kappa shape index (κ1) is 21.0. The van der Waals surface area contributed by atoms with E-state index in [-0.39, 0.29) is 5.91 Å². The quantitative estimate of drug-likeness (QED) is 0.857. The summed E-state index contributed by atoms with van der Waals surface area (Å²) in [5.41, 5.74) is 1.46. The molecule has 2 aromatic carbocycles. The second kappa shape index (κ2) is 11.6. The van der Waals surface area contributed by atoms with E-state index in [9.17, 15) is 9.36 Å². The van der Waals surface area contributed by atoms with E-state index in [1.165, 1.54) is 0 Å². The van der Waals surface area contributed by atoms with E-state index < -0.39 is 7.80 Å². The first-order valence-corrected chi connectivity index (χ1v) is 9.24. The van der Waals surface area contributed by atoms with Gasteiger partial charge in [-0.3, -0.25) is 4.79 Å². The van der Waals surface area contributed by atoms with Crippen molar-refractivity contribution in [2.75, 3.05) is 7.05 Å². The summed E-state index contributed by atoms with van der Waals surface area (Å²) in [6.07, 6.45) is 0. The summed E-state index contributed by atoms with van der Waals surface area (Å²) in [4.78, 5) is 11.8. The molecule has 0 aromatic heterocycles. The molecule has 0 spiro atoms. The molecule has 1 amide bonds. The summed E-state index contributed by atoms with van der Waals surface area (Å²) in [6.45, 7) is 9.92. The number of benzene rings is 2. The number of carbonyl (C=O) groups excluding carboxylic acids is 1. The van der Waals surface area contributed by atoms with Crippen molar-refractivity contribution in [3.8, 4) is 0 Å². The fourth-order valence-electron chi connectivity index (χ4n) is 1.84.